The lowest BCUT2D eigenvalue weighted by Gasteiger charge is -2.18. The highest BCUT2D eigenvalue weighted by Crippen LogP contribution is 2.16. The number of hydrogen-bond donors (Lipinski definition) is 2. The van der Waals surface area contributed by atoms with Gasteiger partial charge < -0.3 is 15.2 Å². The van der Waals surface area contributed by atoms with Crippen LogP contribution in [-0.4, -0.2) is 52.7 Å². The molecule has 7 nitrogen and oxygen atoms in total. The lowest BCUT2D eigenvalue weighted by atomic mass is 10.1. The minimum absolute atomic E-state index is 0.232. The van der Waals surface area contributed by atoms with E-state index in [1.54, 1.807) is 19.9 Å². The third-order valence-corrected chi connectivity index (χ3v) is 3.47. The molecule has 24 heavy (non-hydrogen) atoms. The number of rotatable bonds is 6. The van der Waals surface area contributed by atoms with Gasteiger partial charge in [-0.25, -0.2) is 9.59 Å². The van der Waals surface area contributed by atoms with Crippen molar-refractivity contribution in [2.45, 2.75) is 25.5 Å². The summed E-state index contributed by atoms with van der Waals surface area (Å²) in [4.78, 5) is 36.2. The van der Waals surface area contributed by atoms with E-state index in [4.69, 9.17) is 4.74 Å². The zero-order valence-corrected chi connectivity index (χ0v) is 13.6. The van der Waals surface area contributed by atoms with Gasteiger partial charge in [0.25, 0.3) is 5.91 Å². The summed E-state index contributed by atoms with van der Waals surface area (Å²) in [6.45, 7) is 2.61. The molecule has 128 valence electrons. The number of β-amino-alcohol motifs (C(OH)–C–C–N with tert-alkyl or cyclic N) is 1. The number of hydrogen-bond acceptors (Lipinski definition) is 5. The third-order valence-electron chi connectivity index (χ3n) is 3.47. The van der Waals surface area contributed by atoms with E-state index in [0.717, 1.165) is 10.5 Å². The van der Waals surface area contributed by atoms with Gasteiger partial charge in [-0.3, -0.25) is 9.69 Å². The number of aliphatic hydroxyl groups excluding tert-OH is 1. The maximum atomic E-state index is 12.0. The summed E-state index contributed by atoms with van der Waals surface area (Å²) in [7, 11) is 0. The van der Waals surface area contributed by atoms with Crippen LogP contribution in [0.1, 0.15) is 19.4 Å². The van der Waals surface area contributed by atoms with E-state index in [1.165, 1.54) is 6.08 Å². The summed E-state index contributed by atoms with van der Waals surface area (Å²) >= 11 is 0. The Morgan fingerprint density at radius 1 is 1.33 bits per heavy atom. The first-order valence-corrected chi connectivity index (χ1v) is 7.51. The molecule has 1 heterocycles. The van der Waals surface area contributed by atoms with Gasteiger partial charge in [-0.05, 0) is 25.5 Å². The predicted octanol–water partition coefficient (Wildman–Crippen LogP) is 0.934. The number of carbonyl (C=O) groups excluding carboxylic acids is 3. The second-order valence-electron chi connectivity index (χ2n) is 6.00. The maximum absolute atomic E-state index is 12.0. The Bertz CT molecular complexity index is 654. The summed E-state index contributed by atoms with van der Waals surface area (Å²) < 4.78 is 4.91. The molecule has 0 saturated carbocycles. The second-order valence-corrected chi connectivity index (χ2v) is 6.00. The normalized spacial score (nSPS) is 17.9. The Morgan fingerprint density at radius 2 is 2.00 bits per heavy atom. The lowest BCUT2D eigenvalue weighted by Crippen LogP contribution is -2.42. The highest BCUT2D eigenvalue weighted by Gasteiger charge is 2.44. The van der Waals surface area contributed by atoms with E-state index in [-0.39, 0.29) is 13.2 Å². The molecule has 1 aliphatic rings. The smallest absolute Gasteiger partial charge is 0.330 e. The monoisotopic (exact) mass is 332 g/mol. The average Bonchev–Trinajstić information content (AvgIpc) is 2.74. The molecule has 1 atom stereocenters. The van der Waals surface area contributed by atoms with Crippen LogP contribution in [0.25, 0.3) is 6.08 Å². The van der Waals surface area contributed by atoms with Crippen LogP contribution in [0.2, 0.25) is 0 Å². The summed E-state index contributed by atoms with van der Waals surface area (Å²) in [5.41, 5.74) is -0.150. The molecule has 1 unspecified atom stereocenters. The van der Waals surface area contributed by atoms with Crippen molar-refractivity contribution in [3.8, 4) is 0 Å². The number of imide groups is 1. The summed E-state index contributed by atoms with van der Waals surface area (Å²) in [5, 5.41) is 12.4. The molecule has 0 aliphatic carbocycles. The van der Waals surface area contributed by atoms with Crippen LogP contribution in [0.15, 0.2) is 36.4 Å². The molecular formula is C17H20N2O5. The molecule has 0 radical (unpaired) electrons. The van der Waals surface area contributed by atoms with Crippen molar-refractivity contribution < 1.29 is 24.2 Å². The van der Waals surface area contributed by atoms with Crippen molar-refractivity contribution in [2.75, 3.05) is 13.2 Å². The second kappa shape index (κ2) is 7.27. The number of carbonyl (C=O) groups is 3. The Morgan fingerprint density at radius 3 is 2.58 bits per heavy atom. The van der Waals surface area contributed by atoms with Gasteiger partial charge in [0.1, 0.15) is 18.2 Å². The standard InChI is InChI=1S/C17H20N2O5/c1-17(2)15(22)19(16(23)18-17)10-13(20)11-24-14(21)9-8-12-6-4-3-5-7-12/h3-9,13,20H,10-11H2,1-2H3,(H,18,23)/b9-8+. The highest BCUT2D eigenvalue weighted by atomic mass is 16.5. The van der Waals surface area contributed by atoms with E-state index < -0.39 is 29.6 Å². The first kappa shape index (κ1) is 17.7. The number of amides is 3. The van der Waals surface area contributed by atoms with Gasteiger partial charge in [-0.15, -0.1) is 0 Å². The van der Waals surface area contributed by atoms with Crippen molar-refractivity contribution in [3.63, 3.8) is 0 Å². The third kappa shape index (κ3) is 4.42. The number of benzene rings is 1. The van der Waals surface area contributed by atoms with E-state index in [0.29, 0.717) is 0 Å². The van der Waals surface area contributed by atoms with Crippen LogP contribution in [0, 0.1) is 0 Å². The van der Waals surface area contributed by atoms with E-state index in [1.807, 2.05) is 30.3 Å². The first-order chi connectivity index (χ1) is 11.3. The zero-order chi connectivity index (χ0) is 17.7. The summed E-state index contributed by atoms with van der Waals surface area (Å²) in [6, 6.07) is 8.64. The van der Waals surface area contributed by atoms with Crippen molar-refractivity contribution in [1.82, 2.24) is 10.2 Å². The molecule has 2 N–H and O–H groups in total. The van der Waals surface area contributed by atoms with Crippen LogP contribution >= 0.6 is 0 Å². The Hall–Kier alpha value is -2.67. The van der Waals surface area contributed by atoms with E-state index >= 15 is 0 Å². The molecule has 1 aromatic carbocycles. The first-order valence-electron chi connectivity index (χ1n) is 7.51. The zero-order valence-electron chi connectivity index (χ0n) is 13.6. The fourth-order valence-corrected chi connectivity index (χ4v) is 2.20. The van der Waals surface area contributed by atoms with Crippen molar-refractivity contribution in [2.24, 2.45) is 0 Å². The van der Waals surface area contributed by atoms with Gasteiger partial charge in [0.05, 0.1) is 6.54 Å². The van der Waals surface area contributed by atoms with Gasteiger partial charge in [-0.2, -0.15) is 0 Å². The Kier molecular flexibility index (Phi) is 5.35. The van der Waals surface area contributed by atoms with Gasteiger partial charge in [0.15, 0.2) is 0 Å². The van der Waals surface area contributed by atoms with Gasteiger partial charge in [0.2, 0.25) is 0 Å². The van der Waals surface area contributed by atoms with E-state index in [2.05, 4.69) is 5.32 Å². The van der Waals surface area contributed by atoms with Crippen LogP contribution in [0.5, 0.6) is 0 Å². The molecule has 0 aromatic heterocycles. The highest BCUT2D eigenvalue weighted by molar-refractivity contribution is 6.06. The summed E-state index contributed by atoms with van der Waals surface area (Å²) in [6.07, 6.45) is 1.69. The minimum Gasteiger partial charge on any atom is -0.460 e. The van der Waals surface area contributed by atoms with Gasteiger partial charge in [-0.1, -0.05) is 30.3 Å². The molecule has 2 rings (SSSR count). The Labute approximate surface area is 139 Å². The number of urea groups is 1. The number of aliphatic hydroxyl groups is 1. The molecular weight excluding hydrogens is 312 g/mol. The van der Waals surface area contributed by atoms with Crippen molar-refractivity contribution in [1.29, 1.82) is 0 Å². The van der Waals surface area contributed by atoms with Gasteiger partial charge in [0, 0.05) is 6.08 Å². The van der Waals surface area contributed by atoms with Crippen LogP contribution in [0.4, 0.5) is 4.79 Å². The molecule has 1 aliphatic heterocycles. The fourth-order valence-electron chi connectivity index (χ4n) is 2.20. The van der Waals surface area contributed by atoms with E-state index in [9.17, 15) is 19.5 Å². The van der Waals surface area contributed by atoms with Gasteiger partial charge >= 0.3 is 12.0 Å². The van der Waals surface area contributed by atoms with Crippen LogP contribution < -0.4 is 5.32 Å². The van der Waals surface area contributed by atoms with Crippen molar-refractivity contribution >= 4 is 24.0 Å². The summed E-state index contributed by atoms with van der Waals surface area (Å²) in [5.74, 6) is -1.04. The quantitative estimate of drug-likeness (QED) is 0.459. The molecule has 3 amide bonds. The average molecular weight is 332 g/mol. The predicted molar refractivity (Wildman–Crippen MR) is 86.8 cm³/mol. The Balaban J connectivity index is 1.80. The molecule has 7 heteroatoms. The maximum Gasteiger partial charge on any atom is 0.330 e. The molecule has 0 spiro atoms. The molecule has 1 fully saturated rings. The van der Waals surface area contributed by atoms with Crippen LogP contribution in [-0.2, 0) is 14.3 Å². The lowest BCUT2D eigenvalue weighted by molar-refractivity contribution is -0.141. The molecule has 1 aromatic rings. The number of nitrogens with zero attached hydrogens (tertiary/aromatic N) is 1. The molecule has 0 bridgehead atoms. The number of nitrogens with one attached hydrogen (secondary N) is 1. The van der Waals surface area contributed by atoms with Crippen molar-refractivity contribution in [3.05, 3.63) is 42.0 Å². The minimum atomic E-state index is -1.15. The number of esters is 1. The topological polar surface area (TPSA) is 95.9 Å². The SMILES string of the molecule is CC1(C)NC(=O)N(CC(O)COC(=O)/C=C/c2ccccc2)C1=O. The van der Waals surface area contributed by atoms with Crippen LogP contribution in [0.3, 0.4) is 0 Å². The fraction of sp³-hybridized carbons (Fsp3) is 0.353. The number of ether oxygens (including phenoxy) is 1. The molecule has 1 saturated heterocycles. The largest absolute Gasteiger partial charge is 0.460 e.